The first-order chi connectivity index (χ1) is 14.3. The van der Waals surface area contributed by atoms with Crippen LogP contribution in [0.1, 0.15) is 39.0 Å². The van der Waals surface area contributed by atoms with Gasteiger partial charge in [0.15, 0.2) is 0 Å². The number of carbonyl (C=O) groups is 1. The van der Waals surface area contributed by atoms with E-state index in [1.54, 1.807) is 11.0 Å². The molecule has 0 radical (unpaired) electrons. The Morgan fingerprint density at radius 1 is 0.900 bits per heavy atom. The van der Waals surface area contributed by atoms with Crippen molar-refractivity contribution in [2.24, 2.45) is 7.05 Å². The SMILES string of the molecule is Cc1nc(N2CCN(C(=O)c3c(C)nn(C)c3C)CC2)cc(-n2cnc(C)c2C)n1. The second kappa shape index (κ2) is 7.55. The Labute approximate surface area is 176 Å². The van der Waals surface area contributed by atoms with Crippen LogP contribution >= 0.6 is 0 Å². The molecular formula is C21H28N8O. The van der Waals surface area contributed by atoms with Crippen LogP contribution in [0, 0.1) is 34.6 Å². The van der Waals surface area contributed by atoms with E-state index in [-0.39, 0.29) is 5.91 Å². The van der Waals surface area contributed by atoms with Crippen molar-refractivity contribution >= 4 is 11.7 Å². The minimum absolute atomic E-state index is 0.0572. The van der Waals surface area contributed by atoms with E-state index in [0.717, 1.165) is 53.1 Å². The number of aromatic nitrogens is 6. The molecule has 3 aromatic rings. The average molecular weight is 409 g/mol. The quantitative estimate of drug-likeness (QED) is 0.658. The lowest BCUT2D eigenvalue weighted by Crippen LogP contribution is -2.49. The predicted octanol–water partition coefficient (Wildman–Crippen LogP) is 1.90. The van der Waals surface area contributed by atoms with Crippen molar-refractivity contribution in [1.82, 2.24) is 34.2 Å². The maximum absolute atomic E-state index is 13.0. The fraction of sp³-hybridized carbons (Fsp3) is 0.476. The highest BCUT2D eigenvalue weighted by Crippen LogP contribution is 2.21. The summed E-state index contributed by atoms with van der Waals surface area (Å²) >= 11 is 0. The second-order valence-electron chi connectivity index (χ2n) is 7.87. The Bertz CT molecular complexity index is 1100. The minimum Gasteiger partial charge on any atom is -0.353 e. The molecule has 9 nitrogen and oxygen atoms in total. The number of carbonyl (C=O) groups excluding carboxylic acids is 1. The van der Waals surface area contributed by atoms with Gasteiger partial charge in [0.05, 0.1) is 17.0 Å². The third kappa shape index (κ3) is 3.44. The molecular weight excluding hydrogens is 380 g/mol. The third-order valence-electron chi connectivity index (χ3n) is 5.92. The van der Waals surface area contributed by atoms with Crippen LogP contribution in [-0.4, -0.2) is 66.3 Å². The molecule has 0 spiro atoms. The van der Waals surface area contributed by atoms with Gasteiger partial charge in [-0.2, -0.15) is 5.10 Å². The number of rotatable bonds is 3. The van der Waals surface area contributed by atoms with Crippen molar-refractivity contribution in [2.45, 2.75) is 34.6 Å². The average Bonchev–Trinajstić information content (AvgIpc) is 3.18. The van der Waals surface area contributed by atoms with E-state index in [9.17, 15) is 4.79 Å². The highest BCUT2D eigenvalue weighted by atomic mass is 16.2. The van der Waals surface area contributed by atoms with E-state index in [2.05, 4.69) is 25.0 Å². The summed E-state index contributed by atoms with van der Waals surface area (Å²) in [6, 6.07) is 1.99. The molecule has 0 N–H and O–H groups in total. The van der Waals surface area contributed by atoms with Crippen LogP contribution in [-0.2, 0) is 7.05 Å². The molecule has 0 aliphatic carbocycles. The van der Waals surface area contributed by atoms with Gasteiger partial charge in [0.25, 0.3) is 5.91 Å². The van der Waals surface area contributed by atoms with Crippen LogP contribution in [0.25, 0.3) is 5.82 Å². The van der Waals surface area contributed by atoms with Gasteiger partial charge in [-0.1, -0.05) is 0 Å². The number of aryl methyl sites for hydroxylation is 4. The molecule has 4 heterocycles. The summed E-state index contributed by atoms with van der Waals surface area (Å²) in [5.41, 5.74) is 4.46. The van der Waals surface area contributed by atoms with Gasteiger partial charge in [0.1, 0.15) is 23.8 Å². The van der Waals surface area contributed by atoms with Gasteiger partial charge in [-0.15, -0.1) is 0 Å². The van der Waals surface area contributed by atoms with Crippen LogP contribution in [0.3, 0.4) is 0 Å². The van der Waals surface area contributed by atoms with E-state index >= 15 is 0 Å². The number of nitrogens with zero attached hydrogens (tertiary/aromatic N) is 8. The normalized spacial score (nSPS) is 14.5. The molecule has 1 fully saturated rings. The molecule has 30 heavy (non-hydrogen) atoms. The van der Waals surface area contributed by atoms with E-state index in [1.807, 2.05) is 57.2 Å². The molecule has 0 bridgehead atoms. The molecule has 1 aliphatic rings. The smallest absolute Gasteiger partial charge is 0.257 e. The van der Waals surface area contributed by atoms with Crippen LogP contribution in [0.4, 0.5) is 5.82 Å². The summed E-state index contributed by atoms with van der Waals surface area (Å²) in [7, 11) is 1.87. The zero-order valence-corrected chi connectivity index (χ0v) is 18.5. The first kappa shape index (κ1) is 20.1. The molecule has 1 amide bonds. The Kier molecular flexibility index (Phi) is 5.05. The molecule has 0 unspecified atom stereocenters. The van der Waals surface area contributed by atoms with Gasteiger partial charge < -0.3 is 9.80 Å². The number of hydrogen-bond acceptors (Lipinski definition) is 6. The number of anilines is 1. The van der Waals surface area contributed by atoms with E-state index < -0.39 is 0 Å². The van der Waals surface area contributed by atoms with Crippen molar-refractivity contribution < 1.29 is 4.79 Å². The van der Waals surface area contributed by atoms with Crippen LogP contribution < -0.4 is 4.90 Å². The Hall–Kier alpha value is -3.23. The molecule has 1 saturated heterocycles. The van der Waals surface area contributed by atoms with Gasteiger partial charge >= 0.3 is 0 Å². The zero-order valence-electron chi connectivity index (χ0n) is 18.5. The van der Waals surface area contributed by atoms with Gasteiger partial charge in [-0.05, 0) is 34.6 Å². The lowest BCUT2D eigenvalue weighted by atomic mass is 10.1. The maximum atomic E-state index is 13.0. The van der Waals surface area contributed by atoms with Crippen molar-refractivity contribution in [3.8, 4) is 5.82 Å². The number of imidazole rings is 1. The number of piperazine rings is 1. The monoisotopic (exact) mass is 408 g/mol. The van der Waals surface area contributed by atoms with Crippen LogP contribution in [0.2, 0.25) is 0 Å². The van der Waals surface area contributed by atoms with Crippen LogP contribution in [0.5, 0.6) is 0 Å². The fourth-order valence-corrected chi connectivity index (χ4v) is 3.93. The summed E-state index contributed by atoms with van der Waals surface area (Å²) in [4.78, 5) is 30.8. The first-order valence-electron chi connectivity index (χ1n) is 10.2. The standard InChI is InChI=1S/C21H28N8O/c1-13-15(3)29(12-22-13)19-11-18(23-17(5)24-19)27-7-9-28(10-8-27)21(30)20-14(2)25-26(6)16(20)4/h11-12H,7-10H2,1-6H3. The highest BCUT2D eigenvalue weighted by Gasteiger charge is 2.27. The molecule has 3 aromatic heterocycles. The summed E-state index contributed by atoms with van der Waals surface area (Å²) < 4.78 is 3.76. The van der Waals surface area contributed by atoms with E-state index in [0.29, 0.717) is 18.9 Å². The zero-order chi connectivity index (χ0) is 21.6. The fourth-order valence-electron chi connectivity index (χ4n) is 3.93. The van der Waals surface area contributed by atoms with Gasteiger partial charge in [-0.25, -0.2) is 15.0 Å². The van der Waals surface area contributed by atoms with Gasteiger partial charge in [0.2, 0.25) is 0 Å². The maximum Gasteiger partial charge on any atom is 0.257 e. The summed E-state index contributed by atoms with van der Waals surface area (Å²) in [5.74, 6) is 2.47. The Balaban J connectivity index is 1.52. The van der Waals surface area contributed by atoms with Gasteiger partial charge in [0, 0.05) is 50.7 Å². The lowest BCUT2D eigenvalue weighted by molar-refractivity contribution is 0.0745. The number of amides is 1. The van der Waals surface area contributed by atoms with Crippen molar-refractivity contribution in [2.75, 3.05) is 31.1 Å². The Morgan fingerprint density at radius 3 is 2.13 bits per heavy atom. The molecule has 0 aromatic carbocycles. The van der Waals surface area contributed by atoms with Gasteiger partial charge in [-0.3, -0.25) is 14.0 Å². The van der Waals surface area contributed by atoms with E-state index in [4.69, 9.17) is 0 Å². The predicted molar refractivity (Wildman–Crippen MR) is 114 cm³/mol. The molecule has 9 heteroatoms. The van der Waals surface area contributed by atoms with Crippen molar-refractivity contribution in [3.63, 3.8) is 0 Å². The highest BCUT2D eigenvalue weighted by molar-refractivity contribution is 5.96. The minimum atomic E-state index is 0.0572. The molecule has 4 rings (SSSR count). The topological polar surface area (TPSA) is 85.0 Å². The lowest BCUT2D eigenvalue weighted by Gasteiger charge is -2.35. The summed E-state index contributed by atoms with van der Waals surface area (Å²) in [5, 5.41) is 4.38. The van der Waals surface area contributed by atoms with Crippen molar-refractivity contribution in [3.05, 3.63) is 46.6 Å². The first-order valence-corrected chi connectivity index (χ1v) is 10.2. The Morgan fingerprint density at radius 2 is 1.57 bits per heavy atom. The second-order valence-corrected chi connectivity index (χ2v) is 7.87. The number of hydrogen-bond donors (Lipinski definition) is 0. The summed E-state index contributed by atoms with van der Waals surface area (Å²) in [6.45, 7) is 12.5. The molecule has 158 valence electrons. The summed E-state index contributed by atoms with van der Waals surface area (Å²) in [6.07, 6.45) is 1.80. The largest absolute Gasteiger partial charge is 0.353 e. The van der Waals surface area contributed by atoms with Crippen LogP contribution in [0.15, 0.2) is 12.4 Å². The molecule has 0 saturated carbocycles. The third-order valence-corrected chi connectivity index (χ3v) is 5.92. The molecule has 0 atom stereocenters. The van der Waals surface area contributed by atoms with Crippen molar-refractivity contribution in [1.29, 1.82) is 0 Å². The molecule has 1 aliphatic heterocycles. The van der Waals surface area contributed by atoms with E-state index in [1.165, 1.54) is 0 Å².